The van der Waals surface area contributed by atoms with E-state index in [4.69, 9.17) is 23.7 Å². The molecule has 25 heavy (non-hydrogen) atoms. The summed E-state index contributed by atoms with van der Waals surface area (Å²) in [7, 11) is 0. The highest BCUT2D eigenvalue weighted by Gasteiger charge is 2.22. The lowest BCUT2D eigenvalue weighted by molar-refractivity contribution is -0.119. The van der Waals surface area contributed by atoms with Gasteiger partial charge in [-0.05, 0) is 50.8 Å². The minimum Gasteiger partial charge on any atom is -0.462 e. The summed E-state index contributed by atoms with van der Waals surface area (Å²) in [6, 6.07) is 5.08. The molecule has 2 aliphatic rings. The van der Waals surface area contributed by atoms with Crippen LogP contribution in [0.15, 0.2) is 18.2 Å². The summed E-state index contributed by atoms with van der Waals surface area (Å²) >= 11 is 0. The van der Waals surface area contributed by atoms with Crippen LogP contribution >= 0.6 is 0 Å². The lowest BCUT2D eigenvalue weighted by atomic mass is 10.1. The number of rotatable bonds is 6. The van der Waals surface area contributed by atoms with Gasteiger partial charge in [-0.15, -0.1) is 0 Å². The average molecular weight is 350 g/mol. The lowest BCUT2D eigenvalue weighted by Crippen LogP contribution is -2.27. The molecule has 1 aromatic carbocycles. The molecule has 3 rings (SSSR count). The Kier molecular flexibility index (Phi) is 6.53. The summed E-state index contributed by atoms with van der Waals surface area (Å²) in [5, 5.41) is 0. The number of esters is 1. The summed E-state index contributed by atoms with van der Waals surface area (Å²) in [4.78, 5) is 12.0. The molecule has 138 valence electrons. The van der Waals surface area contributed by atoms with Crippen molar-refractivity contribution in [3.8, 4) is 11.5 Å². The maximum absolute atomic E-state index is 12.0. The topological polar surface area (TPSA) is 63.2 Å². The van der Waals surface area contributed by atoms with E-state index in [1.54, 1.807) is 25.1 Å². The third-order valence-corrected chi connectivity index (χ3v) is 4.25. The van der Waals surface area contributed by atoms with Gasteiger partial charge in [0.2, 0.25) is 0 Å². The Labute approximate surface area is 148 Å². The van der Waals surface area contributed by atoms with Crippen LogP contribution in [0.1, 0.15) is 55.8 Å². The van der Waals surface area contributed by atoms with Gasteiger partial charge in [0.15, 0.2) is 24.1 Å². The van der Waals surface area contributed by atoms with Crippen molar-refractivity contribution in [1.82, 2.24) is 0 Å². The highest BCUT2D eigenvalue weighted by Crippen LogP contribution is 2.33. The Bertz CT molecular complexity index is 561. The Morgan fingerprint density at radius 3 is 2.20 bits per heavy atom. The van der Waals surface area contributed by atoms with Crippen LogP contribution in [0, 0.1) is 0 Å². The van der Waals surface area contributed by atoms with Crippen molar-refractivity contribution in [2.45, 2.75) is 58.0 Å². The van der Waals surface area contributed by atoms with Crippen molar-refractivity contribution in [3.63, 3.8) is 0 Å². The van der Waals surface area contributed by atoms with E-state index in [2.05, 4.69) is 0 Å². The maximum Gasteiger partial charge on any atom is 0.338 e. The third-order valence-electron chi connectivity index (χ3n) is 4.25. The molecule has 6 heteroatoms. The SMILES string of the molecule is CCOC(=O)c1ccc(O[C@@H]2CCCCO2)c(O[C@@H]2CCCCO2)c1. The molecule has 2 heterocycles. The van der Waals surface area contributed by atoms with Gasteiger partial charge in [0.25, 0.3) is 0 Å². The van der Waals surface area contributed by atoms with Gasteiger partial charge >= 0.3 is 5.97 Å². The number of carbonyl (C=O) groups excluding carboxylic acids is 1. The predicted molar refractivity (Wildman–Crippen MR) is 90.8 cm³/mol. The first-order valence-corrected chi connectivity index (χ1v) is 9.14. The van der Waals surface area contributed by atoms with Crippen LogP contribution in [0.25, 0.3) is 0 Å². The number of hydrogen-bond donors (Lipinski definition) is 0. The molecule has 0 radical (unpaired) electrons. The Morgan fingerprint density at radius 2 is 1.64 bits per heavy atom. The van der Waals surface area contributed by atoms with Crippen LogP contribution in [0.4, 0.5) is 0 Å². The standard InChI is InChI=1S/C19H26O6/c1-2-21-19(20)14-9-10-15(24-17-7-3-5-11-22-17)16(13-14)25-18-8-4-6-12-23-18/h9-10,13,17-18H,2-8,11-12H2,1H3/t17-,18-/m1/s1. The monoisotopic (exact) mass is 350 g/mol. The van der Waals surface area contributed by atoms with Crippen molar-refractivity contribution < 1.29 is 28.5 Å². The van der Waals surface area contributed by atoms with Crippen molar-refractivity contribution in [3.05, 3.63) is 23.8 Å². The van der Waals surface area contributed by atoms with Crippen molar-refractivity contribution in [1.29, 1.82) is 0 Å². The van der Waals surface area contributed by atoms with E-state index >= 15 is 0 Å². The molecule has 0 unspecified atom stereocenters. The Balaban J connectivity index is 1.77. The van der Waals surface area contributed by atoms with E-state index in [-0.39, 0.29) is 18.5 Å². The summed E-state index contributed by atoms with van der Waals surface area (Å²) in [6.07, 6.45) is 5.31. The average Bonchev–Trinajstić information content (AvgIpc) is 2.65. The van der Waals surface area contributed by atoms with Crippen molar-refractivity contribution in [2.75, 3.05) is 19.8 Å². The zero-order valence-corrected chi connectivity index (χ0v) is 14.7. The molecule has 2 atom stereocenters. The van der Waals surface area contributed by atoms with Gasteiger partial charge in [0, 0.05) is 12.8 Å². The zero-order chi connectivity index (χ0) is 17.5. The van der Waals surface area contributed by atoms with Crippen molar-refractivity contribution in [2.24, 2.45) is 0 Å². The minimum atomic E-state index is -0.377. The van der Waals surface area contributed by atoms with E-state index in [1.165, 1.54) is 0 Å². The number of benzene rings is 1. The third kappa shape index (κ3) is 5.09. The van der Waals surface area contributed by atoms with Crippen molar-refractivity contribution >= 4 is 5.97 Å². The highest BCUT2D eigenvalue weighted by molar-refractivity contribution is 5.90. The number of hydrogen-bond acceptors (Lipinski definition) is 6. The first-order valence-electron chi connectivity index (χ1n) is 9.14. The Morgan fingerprint density at radius 1 is 1.00 bits per heavy atom. The molecular formula is C19H26O6. The molecule has 0 saturated carbocycles. The second-order valence-electron chi connectivity index (χ2n) is 6.21. The van der Waals surface area contributed by atoms with Crippen LogP contribution in [-0.4, -0.2) is 38.4 Å². The fourth-order valence-corrected chi connectivity index (χ4v) is 2.93. The van der Waals surface area contributed by atoms with Gasteiger partial charge in [0.05, 0.1) is 25.4 Å². The second-order valence-corrected chi connectivity index (χ2v) is 6.21. The molecule has 2 aliphatic heterocycles. The van der Waals surface area contributed by atoms with E-state index < -0.39 is 0 Å². The molecule has 2 saturated heterocycles. The van der Waals surface area contributed by atoms with Gasteiger partial charge in [-0.2, -0.15) is 0 Å². The van der Waals surface area contributed by atoms with Crippen LogP contribution in [0.3, 0.4) is 0 Å². The fraction of sp³-hybridized carbons (Fsp3) is 0.632. The first kappa shape index (κ1) is 18.0. The minimum absolute atomic E-state index is 0.281. The number of carbonyl (C=O) groups is 1. The summed E-state index contributed by atoms with van der Waals surface area (Å²) in [5.41, 5.74) is 0.435. The molecular weight excluding hydrogens is 324 g/mol. The van der Waals surface area contributed by atoms with Gasteiger partial charge in [-0.25, -0.2) is 4.79 Å². The van der Waals surface area contributed by atoms with Crippen LogP contribution in [-0.2, 0) is 14.2 Å². The maximum atomic E-state index is 12.0. The zero-order valence-electron chi connectivity index (χ0n) is 14.7. The predicted octanol–water partition coefficient (Wildman–Crippen LogP) is 3.67. The van der Waals surface area contributed by atoms with Gasteiger partial charge in [-0.3, -0.25) is 0 Å². The molecule has 0 aromatic heterocycles. The molecule has 0 bridgehead atoms. The molecule has 0 aliphatic carbocycles. The molecule has 0 amide bonds. The smallest absolute Gasteiger partial charge is 0.338 e. The molecule has 6 nitrogen and oxygen atoms in total. The van der Waals surface area contributed by atoms with Crippen LogP contribution < -0.4 is 9.47 Å². The summed E-state index contributed by atoms with van der Waals surface area (Å²) in [6.45, 7) is 3.50. The summed E-state index contributed by atoms with van der Waals surface area (Å²) < 4.78 is 28.3. The largest absolute Gasteiger partial charge is 0.462 e. The van der Waals surface area contributed by atoms with E-state index in [9.17, 15) is 4.79 Å². The van der Waals surface area contributed by atoms with E-state index in [1.807, 2.05) is 0 Å². The Hall–Kier alpha value is -1.79. The van der Waals surface area contributed by atoms with Gasteiger partial charge in [0.1, 0.15) is 0 Å². The summed E-state index contributed by atoms with van der Waals surface area (Å²) in [5.74, 6) is 0.679. The van der Waals surface area contributed by atoms with Crippen LogP contribution in [0.5, 0.6) is 11.5 Å². The number of ether oxygens (including phenoxy) is 5. The van der Waals surface area contributed by atoms with E-state index in [0.29, 0.717) is 36.9 Å². The quantitative estimate of drug-likeness (QED) is 0.730. The van der Waals surface area contributed by atoms with E-state index in [0.717, 1.165) is 38.5 Å². The molecule has 2 fully saturated rings. The first-order chi connectivity index (χ1) is 12.3. The molecule has 0 spiro atoms. The highest BCUT2D eigenvalue weighted by atomic mass is 16.7. The second kappa shape index (κ2) is 9.06. The lowest BCUT2D eigenvalue weighted by Gasteiger charge is -2.27. The normalized spacial score (nSPS) is 23.7. The molecule has 0 N–H and O–H groups in total. The van der Waals surface area contributed by atoms with Gasteiger partial charge < -0.3 is 23.7 Å². The van der Waals surface area contributed by atoms with Crippen LogP contribution in [0.2, 0.25) is 0 Å². The van der Waals surface area contributed by atoms with Gasteiger partial charge in [-0.1, -0.05) is 0 Å². The fourth-order valence-electron chi connectivity index (χ4n) is 2.93. The molecule has 1 aromatic rings.